The number of hydrogen-bond donors (Lipinski definition) is 3. The summed E-state index contributed by atoms with van der Waals surface area (Å²) in [5.74, 6) is 0.567. The Morgan fingerprint density at radius 2 is 2.15 bits per heavy atom. The first-order valence-electron chi connectivity index (χ1n) is 8.15. The number of H-pyrrole nitrogens is 1. The normalized spacial score (nSPS) is 12.7. The van der Waals surface area contributed by atoms with Gasteiger partial charge in [-0.3, -0.25) is 9.89 Å². The molecular weight excluding hydrogens is 336 g/mol. The quantitative estimate of drug-likeness (QED) is 0.491. The van der Waals surface area contributed by atoms with Crippen LogP contribution in [0.4, 0.5) is 11.6 Å². The van der Waals surface area contributed by atoms with Gasteiger partial charge in [0.15, 0.2) is 17.1 Å². The summed E-state index contributed by atoms with van der Waals surface area (Å²) in [4.78, 5) is 25.1. The molecule has 4 heterocycles. The molecule has 4 aromatic heterocycles. The van der Waals surface area contributed by atoms with Crippen molar-refractivity contribution in [1.29, 1.82) is 0 Å². The second-order valence-electron chi connectivity index (χ2n) is 5.97. The van der Waals surface area contributed by atoms with Crippen LogP contribution in [0.25, 0.3) is 22.2 Å². The first kappa shape index (κ1) is 16.0. The number of nitrogens with one attached hydrogen (secondary N) is 2. The summed E-state index contributed by atoms with van der Waals surface area (Å²) in [7, 11) is 1.82. The number of aryl methyl sites for hydroxylation is 2. The van der Waals surface area contributed by atoms with Crippen LogP contribution in [-0.4, -0.2) is 45.4 Å². The second-order valence-corrected chi connectivity index (χ2v) is 5.97. The van der Waals surface area contributed by atoms with Crippen LogP contribution in [0.2, 0.25) is 0 Å². The van der Waals surface area contributed by atoms with Crippen LogP contribution in [0.5, 0.6) is 0 Å². The highest BCUT2D eigenvalue weighted by molar-refractivity contribution is 6.01. The van der Waals surface area contributed by atoms with Gasteiger partial charge in [-0.15, -0.1) is 0 Å². The topological polar surface area (TPSA) is 145 Å². The molecule has 4 rings (SSSR count). The number of nitrogens with zero attached hydrogens (tertiary/aromatic N) is 7. The standard InChI is InChI=1S/C15H18N10O/c1-4-8-9-12(21-22-13(9)24(3)23-8)20-15(26)7(2)25-6-19-10-11(16)17-5-18-14(10)25/h5-7H,4H2,1-3H3,(H2,16,17,18)(H2,20,21,22,26). The smallest absolute Gasteiger partial charge is 0.248 e. The molecule has 4 aromatic rings. The molecule has 0 aliphatic rings. The van der Waals surface area contributed by atoms with E-state index in [0.29, 0.717) is 22.6 Å². The van der Waals surface area contributed by atoms with Crippen molar-refractivity contribution in [3.63, 3.8) is 0 Å². The Morgan fingerprint density at radius 3 is 2.92 bits per heavy atom. The van der Waals surface area contributed by atoms with Crippen molar-refractivity contribution in [3.05, 3.63) is 18.3 Å². The van der Waals surface area contributed by atoms with Gasteiger partial charge in [0.2, 0.25) is 5.91 Å². The van der Waals surface area contributed by atoms with Gasteiger partial charge < -0.3 is 15.6 Å². The number of carbonyl (C=O) groups excluding carboxylic acids is 1. The van der Waals surface area contributed by atoms with Crippen LogP contribution in [-0.2, 0) is 18.3 Å². The van der Waals surface area contributed by atoms with Gasteiger partial charge in [0.25, 0.3) is 0 Å². The Morgan fingerprint density at radius 1 is 1.35 bits per heavy atom. The van der Waals surface area contributed by atoms with Crippen molar-refractivity contribution in [2.45, 2.75) is 26.3 Å². The zero-order valence-electron chi connectivity index (χ0n) is 14.6. The maximum atomic E-state index is 12.8. The molecule has 0 saturated carbocycles. The summed E-state index contributed by atoms with van der Waals surface area (Å²) in [6.45, 7) is 3.76. The largest absolute Gasteiger partial charge is 0.382 e. The van der Waals surface area contributed by atoms with Crippen molar-refractivity contribution in [2.24, 2.45) is 7.05 Å². The Hall–Kier alpha value is -3.50. The summed E-state index contributed by atoms with van der Waals surface area (Å²) < 4.78 is 3.34. The molecular formula is C15H18N10O. The molecule has 0 fully saturated rings. The predicted molar refractivity (Wildman–Crippen MR) is 95.3 cm³/mol. The van der Waals surface area contributed by atoms with Gasteiger partial charge in [-0.25, -0.2) is 19.6 Å². The third-order valence-corrected chi connectivity index (χ3v) is 4.38. The molecule has 0 aliphatic carbocycles. The molecule has 1 amide bonds. The lowest BCUT2D eigenvalue weighted by Crippen LogP contribution is -2.23. The van der Waals surface area contributed by atoms with E-state index in [4.69, 9.17) is 5.73 Å². The zero-order chi connectivity index (χ0) is 18.4. The summed E-state index contributed by atoms with van der Waals surface area (Å²) in [5.41, 5.74) is 8.34. The minimum absolute atomic E-state index is 0.238. The highest BCUT2D eigenvalue weighted by Crippen LogP contribution is 2.26. The van der Waals surface area contributed by atoms with Gasteiger partial charge in [-0.1, -0.05) is 6.92 Å². The summed E-state index contributed by atoms with van der Waals surface area (Å²) >= 11 is 0. The first-order chi connectivity index (χ1) is 12.5. The molecule has 134 valence electrons. The van der Waals surface area contributed by atoms with Crippen LogP contribution < -0.4 is 11.1 Å². The molecule has 11 nitrogen and oxygen atoms in total. The van der Waals surface area contributed by atoms with E-state index < -0.39 is 6.04 Å². The van der Waals surface area contributed by atoms with E-state index in [9.17, 15) is 4.79 Å². The van der Waals surface area contributed by atoms with E-state index >= 15 is 0 Å². The summed E-state index contributed by atoms with van der Waals surface area (Å²) in [5, 5.41) is 15.2. The molecule has 0 aliphatic heterocycles. The monoisotopic (exact) mass is 354 g/mol. The van der Waals surface area contributed by atoms with Crippen LogP contribution in [0.3, 0.4) is 0 Å². The molecule has 0 saturated heterocycles. The van der Waals surface area contributed by atoms with Gasteiger partial charge in [-0.2, -0.15) is 10.2 Å². The Labute approximate surface area is 147 Å². The lowest BCUT2D eigenvalue weighted by Gasteiger charge is -2.13. The van der Waals surface area contributed by atoms with Crippen LogP contribution >= 0.6 is 0 Å². The number of aromatic amines is 1. The lowest BCUT2D eigenvalue weighted by atomic mass is 10.2. The Kier molecular flexibility index (Phi) is 3.56. The SMILES string of the molecule is CCc1nn(C)c2n[nH]c(NC(=O)C(C)n3cnc4c(N)ncnc43)c12. The molecule has 0 bridgehead atoms. The number of amides is 1. The fraction of sp³-hybridized carbons (Fsp3) is 0.333. The number of hydrogen-bond acceptors (Lipinski definition) is 7. The number of rotatable bonds is 4. The average Bonchev–Trinajstić information content (AvgIpc) is 3.31. The van der Waals surface area contributed by atoms with Gasteiger partial charge in [0.05, 0.1) is 17.4 Å². The molecule has 1 unspecified atom stereocenters. The fourth-order valence-electron chi connectivity index (χ4n) is 2.96. The maximum Gasteiger partial charge on any atom is 0.248 e. The average molecular weight is 354 g/mol. The molecule has 1 atom stereocenters. The summed E-state index contributed by atoms with van der Waals surface area (Å²) in [6, 6.07) is -0.561. The van der Waals surface area contributed by atoms with Gasteiger partial charge >= 0.3 is 0 Å². The van der Waals surface area contributed by atoms with Crippen molar-refractivity contribution in [3.8, 4) is 0 Å². The van der Waals surface area contributed by atoms with E-state index in [1.54, 1.807) is 16.2 Å². The van der Waals surface area contributed by atoms with E-state index in [2.05, 4.69) is 35.6 Å². The Balaban J connectivity index is 1.67. The van der Waals surface area contributed by atoms with Crippen molar-refractivity contribution in [2.75, 3.05) is 11.1 Å². The molecule has 0 aromatic carbocycles. The van der Waals surface area contributed by atoms with Gasteiger partial charge in [0, 0.05) is 7.05 Å². The van der Waals surface area contributed by atoms with E-state index in [-0.39, 0.29) is 11.7 Å². The molecule has 0 radical (unpaired) electrons. The van der Waals surface area contributed by atoms with Crippen molar-refractivity contribution >= 4 is 39.7 Å². The molecule has 26 heavy (non-hydrogen) atoms. The number of nitrogens with two attached hydrogens (primary N) is 1. The highest BCUT2D eigenvalue weighted by Gasteiger charge is 2.22. The van der Waals surface area contributed by atoms with Crippen LogP contribution in [0.15, 0.2) is 12.7 Å². The third kappa shape index (κ3) is 2.28. The Bertz CT molecular complexity index is 1120. The van der Waals surface area contributed by atoms with Gasteiger partial charge in [-0.05, 0) is 13.3 Å². The fourth-order valence-corrected chi connectivity index (χ4v) is 2.96. The maximum absolute atomic E-state index is 12.8. The molecule has 0 spiro atoms. The van der Waals surface area contributed by atoms with Crippen LogP contribution in [0.1, 0.15) is 25.6 Å². The number of anilines is 2. The van der Waals surface area contributed by atoms with E-state index in [1.165, 1.54) is 12.7 Å². The van der Waals surface area contributed by atoms with E-state index in [0.717, 1.165) is 17.5 Å². The minimum Gasteiger partial charge on any atom is -0.382 e. The molecule has 4 N–H and O–H groups in total. The third-order valence-electron chi connectivity index (χ3n) is 4.38. The molecule has 11 heteroatoms. The highest BCUT2D eigenvalue weighted by atomic mass is 16.2. The van der Waals surface area contributed by atoms with E-state index in [1.807, 2.05) is 14.0 Å². The number of carbonyl (C=O) groups is 1. The summed E-state index contributed by atoms with van der Waals surface area (Å²) in [6.07, 6.45) is 3.61. The zero-order valence-corrected chi connectivity index (χ0v) is 14.6. The lowest BCUT2D eigenvalue weighted by molar-refractivity contribution is -0.118. The minimum atomic E-state index is -0.561. The predicted octanol–water partition coefficient (Wildman–Crippen LogP) is 0.780. The second kappa shape index (κ2) is 5.79. The van der Waals surface area contributed by atoms with Crippen molar-refractivity contribution in [1.82, 2.24) is 39.5 Å². The number of aromatic nitrogens is 8. The number of nitrogen functional groups attached to an aromatic ring is 1. The first-order valence-corrected chi connectivity index (χ1v) is 8.15. The number of imidazole rings is 1. The number of fused-ring (bicyclic) bond motifs is 2. The van der Waals surface area contributed by atoms with Crippen molar-refractivity contribution < 1.29 is 4.79 Å². The van der Waals surface area contributed by atoms with Crippen LogP contribution in [0, 0.1) is 0 Å². The van der Waals surface area contributed by atoms with Gasteiger partial charge in [0.1, 0.15) is 23.7 Å².